The minimum Gasteiger partial charge on any atom is -0.329 e. The average molecular weight is 268 g/mol. The van der Waals surface area contributed by atoms with Gasteiger partial charge >= 0.3 is 0 Å². The Bertz CT molecular complexity index is 241. The molecule has 0 amide bonds. The van der Waals surface area contributed by atoms with Gasteiger partial charge in [-0.05, 0) is 31.8 Å². The van der Waals surface area contributed by atoms with E-state index < -0.39 is 0 Å². The van der Waals surface area contributed by atoms with E-state index in [1.807, 2.05) is 0 Å². The monoisotopic (exact) mass is 268 g/mol. The predicted octanol–water partition coefficient (Wildman–Crippen LogP) is 0.683. The molecule has 0 saturated carbocycles. The zero-order valence-electron chi connectivity index (χ0n) is 12.9. The molecule has 0 unspecified atom stereocenters. The Kier molecular flexibility index (Phi) is 6.07. The zero-order chi connectivity index (χ0) is 13.7. The zero-order valence-corrected chi connectivity index (χ0v) is 12.9. The molecule has 4 heteroatoms. The van der Waals surface area contributed by atoms with E-state index in [0.29, 0.717) is 0 Å². The highest BCUT2D eigenvalue weighted by Crippen LogP contribution is 2.18. The minimum atomic E-state index is 0.797. The summed E-state index contributed by atoms with van der Waals surface area (Å²) in [5.41, 5.74) is 5.63. The first-order chi connectivity index (χ1) is 9.19. The highest BCUT2D eigenvalue weighted by atomic mass is 15.3. The molecule has 0 atom stereocenters. The summed E-state index contributed by atoms with van der Waals surface area (Å²) in [6, 6.07) is 0.829. The van der Waals surface area contributed by atoms with Crippen molar-refractivity contribution in [3.05, 3.63) is 0 Å². The molecule has 2 fully saturated rings. The molecule has 2 rings (SSSR count). The standard InChI is InChI=1S/C15H32N4/c1-14(2)13-18-9-11-19(12-10-18)15-3-6-17(7-4-15)8-5-16/h14-15H,3-13,16H2,1-2H3. The maximum Gasteiger partial charge on any atom is 0.0121 e. The molecular weight excluding hydrogens is 236 g/mol. The van der Waals surface area contributed by atoms with Crippen molar-refractivity contribution in [2.75, 3.05) is 58.9 Å². The van der Waals surface area contributed by atoms with Crippen LogP contribution in [0, 0.1) is 5.92 Å². The largest absolute Gasteiger partial charge is 0.329 e. The molecule has 0 aromatic rings. The molecular formula is C15H32N4. The van der Waals surface area contributed by atoms with Crippen LogP contribution in [0.15, 0.2) is 0 Å². The second-order valence-corrected chi connectivity index (χ2v) is 6.59. The predicted molar refractivity (Wildman–Crippen MR) is 81.4 cm³/mol. The van der Waals surface area contributed by atoms with Crippen molar-refractivity contribution < 1.29 is 0 Å². The third-order valence-corrected chi connectivity index (χ3v) is 4.55. The minimum absolute atomic E-state index is 0.797. The smallest absolute Gasteiger partial charge is 0.0121 e. The number of likely N-dealkylation sites (tertiary alicyclic amines) is 1. The van der Waals surface area contributed by atoms with E-state index in [9.17, 15) is 0 Å². The van der Waals surface area contributed by atoms with Gasteiger partial charge in [-0.1, -0.05) is 13.8 Å². The van der Waals surface area contributed by atoms with Crippen molar-refractivity contribution in [3.8, 4) is 0 Å². The van der Waals surface area contributed by atoms with Gasteiger partial charge in [0, 0.05) is 51.9 Å². The van der Waals surface area contributed by atoms with Crippen LogP contribution in [0.2, 0.25) is 0 Å². The summed E-state index contributed by atoms with van der Waals surface area (Å²) in [6.07, 6.45) is 2.67. The number of hydrogen-bond acceptors (Lipinski definition) is 4. The molecule has 0 bridgehead atoms. The summed E-state index contributed by atoms with van der Waals surface area (Å²) < 4.78 is 0. The molecule has 0 aromatic carbocycles. The third kappa shape index (κ3) is 4.71. The molecule has 2 heterocycles. The van der Waals surface area contributed by atoms with Gasteiger partial charge in [-0.15, -0.1) is 0 Å². The maximum absolute atomic E-state index is 5.63. The molecule has 2 aliphatic heterocycles. The third-order valence-electron chi connectivity index (χ3n) is 4.55. The Balaban J connectivity index is 1.68. The molecule has 0 spiro atoms. The van der Waals surface area contributed by atoms with Crippen LogP contribution in [-0.4, -0.2) is 79.6 Å². The number of nitrogens with two attached hydrogens (primary N) is 1. The number of piperazine rings is 1. The van der Waals surface area contributed by atoms with Crippen LogP contribution in [0.4, 0.5) is 0 Å². The van der Waals surface area contributed by atoms with E-state index in [1.165, 1.54) is 58.7 Å². The van der Waals surface area contributed by atoms with E-state index in [4.69, 9.17) is 5.73 Å². The van der Waals surface area contributed by atoms with Crippen molar-refractivity contribution in [1.82, 2.24) is 14.7 Å². The maximum atomic E-state index is 5.63. The van der Waals surface area contributed by atoms with E-state index in [2.05, 4.69) is 28.5 Å². The number of rotatable bonds is 5. The first-order valence-corrected chi connectivity index (χ1v) is 8.08. The lowest BCUT2D eigenvalue weighted by Gasteiger charge is -2.43. The fourth-order valence-corrected chi connectivity index (χ4v) is 3.52. The van der Waals surface area contributed by atoms with Crippen LogP contribution in [0.25, 0.3) is 0 Å². The lowest BCUT2D eigenvalue weighted by atomic mass is 10.0. The Labute approximate surface area is 118 Å². The number of hydrogen-bond donors (Lipinski definition) is 1. The van der Waals surface area contributed by atoms with Gasteiger partial charge in [0.2, 0.25) is 0 Å². The van der Waals surface area contributed by atoms with Crippen LogP contribution in [-0.2, 0) is 0 Å². The van der Waals surface area contributed by atoms with Crippen LogP contribution in [0.3, 0.4) is 0 Å². The highest BCUT2D eigenvalue weighted by Gasteiger charge is 2.27. The fourth-order valence-electron chi connectivity index (χ4n) is 3.52. The van der Waals surface area contributed by atoms with Crippen molar-refractivity contribution in [2.24, 2.45) is 11.7 Å². The lowest BCUT2D eigenvalue weighted by Crippen LogP contribution is -2.53. The molecule has 0 aromatic heterocycles. The van der Waals surface area contributed by atoms with Crippen LogP contribution in [0.5, 0.6) is 0 Å². The van der Waals surface area contributed by atoms with Crippen molar-refractivity contribution in [3.63, 3.8) is 0 Å². The fraction of sp³-hybridized carbons (Fsp3) is 1.00. The summed E-state index contributed by atoms with van der Waals surface area (Å²) in [4.78, 5) is 7.88. The Morgan fingerprint density at radius 1 is 0.947 bits per heavy atom. The molecule has 0 aliphatic carbocycles. The van der Waals surface area contributed by atoms with Gasteiger partial charge in [-0.3, -0.25) is 4.90 Å². The van der Waals surface area contributed by atoms with Gasteiger partial charge in [0.25, 0.3) is 0 Å². The molecule has 19 heavy (non-hydrogen) atoms. The van der Waals surface area contributed by atoms with Gasteiger partial charge in [-0.2, -0.15) is 0 Å². The molecule has 4 nitrogen and oxygen atoms in total. The lowest BCUT2D eigenvalue weighted by molar-refractivity contribution is 0.0561. The van der Waals surface area contributed by atoms with E-state index in [0.717, 1.165) is 25.0 Å². The molecule has 112 valence electrons. The Morgan fingerprint density at radius 2 is 1.58 bits per heavy atom. The quantitative estimate of drug-likeness (QED) is 0.795. The number of nitrogens with zero attached hydrogens (tertiary/aromatic N) is 3. The van der Waals surface area contributed by atoms with Crippen molar-refractivity contribution in [1.29, 1.82) is 0 Å². The van der Waals surface area contributed by atoms with Gasteiger partial charge < -0.3 is 15.5 Å². The van der Waals surface area contributed by atoms with Gasteiger partial charge in [0.05, 0.1) is 0 Å². The van der Waals surface area contributed by atoms with E-state index >= 15 is 0 Å². The highest BCUT2D eigenvalue weighted by molar-refractivity contribution is 4.83. The van der Waals surface area contributed by atoms with Crippen LogP contribution >= 0.6 is 0 Å². The summed E-state index contributed by atoms with van der Waals surface area (Å²) in [7, 11) is 0. The normalized spacial score (nSPS) is 25.3. The molecule has 2 aliphatic rings. The molecule has 2 saturated heterocycles. The van der Waals surface area contributed by atoms with Gasteiger partial charge in [0.1, 0.15) is 0 Å². The topological polar surface area (TPSA) is 35.7 Å². The Hall–Kier alpha value is -0.160. The van der Waals surface area contributed by atoms with E-state index in [-0.39, 0.29) is 0 Å². The summed E-state index contributed by atoms with van der Waals surface area (Å²) in [6.45, 7) is 15.3. The van der Waals surface area contributed by atoms with E-state index in [1.54, 1.807) is 0 Å². The van der Waals surface area contributed by atoms with Gasteiger partial charge in [0.15, 0.2) is 0 Å². The second-order valence-electron chi connectivity index (χ2n) is 6.59. The van der Waals surface area contributed by atoms with Crippen LogP contribution in [0.1, 0.15) is 26.7 Å². The summed E-state index contributed by atoms with van der Waals surface area (Å²) in [5.74, 6) is 0.797. The second kappa shape index (κ2) is 7.58. The molecule has 0 radical (unpaired) electrons. The summed E-state index contributed by atoms with van der Waals surface area (Å²) in [5, 5.41) is 0. The number of piperidine rings is 1. The Morgan fingerprint density at radius 3 is 2.11 bits per heavy atom. The van der Waals surface area contributed by atoms with Gasteiger partial charge in [-0.25, -0.2) is 0 Å². The SMILES string of the molecule is CC(C)CN1CCN(C2CCN(CCN)CC2)CC1. The van der Waals surface area contributed by atoms with Crippen LogP contribution < -0.4 is 5.73 Å². The first-order valence-electron chi connectivity index (χ1n) is 8.08. The average Bonchev–Trinajstić information content (AvgIpc) is 2.40. The van der Waals surface area contributed by atoms with Crippen molar-refractivity contribution >= 4 is 0 Å². The summed E-state index contributed by atoms with van der Waals surface area (Å²) >= 11 is 0. The van der Waals surface area contributed by atoms with Crippen molar-refractivity contribution in [2.45, 2.75) is 32.7 Å². The first kappa shape index (κ1) is 15.2. The molecule has 2 N–H and O–H groups in total.